The van der Waals surface area contributed by atoms with Crippen molar-refractivity contribution in [3.8, 4) is 17.4 Å². The van der Waals surface area contributed by atoms with Crippen molar-refractivity contribution in [1.29, 1.82) is 0 Å². The molecule has 2 aromatic rings. The number of nitrogens with zero attached hydrogens (tertiary/aromatic N) is 2. The van der Waals surface area contributed by atoms with Crippen LogP contribution in [-0.2, 0) is 0 Å². The van der Waals surface area contributed by atoms with E-state index in [0.717, 1.165) is 0 Å². The van der Waals surface area contributed by atoms with Crippen molar-refractivity contribution in [3.63, 3.8) is 0 Å². The molecule has 0 amide bonds. The van der Waals surface area contributed by atoms with Gasteiger partial charge in [0.2, 0.25) is 5.88 Å². The van der Waals surface area contributed by atoms with Crippen LogP contribution in [-0.4, -0.2) is 33.1 Å². The summed E-state index contributed by atoms with van der Waals surface area (Å²) in [5.74, 6) is -0.604. The lowest BCUT2D eigenvalue weighted by atomic mass is 10.3. The Kier molecular flexibility index (Phi) is 2.55. The molecule has 0 atom stereocenters. The van der Waals surface area contributed by atoms with Crippen LogP contribution >= 0.6 is 0 Å². The van der Waals surface area contributed by atoms with Crippen molar-refractivity contribution in [2.45, 2.75) is 0 Å². The lowest BCUT2D eigenvalue weighted by Gasteiger charge is -2.03. The van der Waals surface area contributed by atoms with Gasteiger partial charge in [0, 0.05) is 12.3 Å². The zero-order valence-corrected chi connectivity index (χ0v) is 8.47. The highest BCUT2D eigenvalue weighted by Gasteiger charge is 2.12. The normalized spacial score (nSPS) is 10.1. The van der Waals surface area contributed by atoms with Crippen LogP contribution < -0.4 is 4.74 Å². The molecule has 6 heteroatoms. The summed E-state index contributed by atoms with van der Waals surface area (Å²) in [4.78, 5) is 21.7. The first-order chi connectivity index (χ1) is 7.70. The molecule has 2 N–H and O–H groups in total. The number of hydrogen-bond donors (Lipinski definition) is 2. The predicted octanol–water partition coefficient (Wildman–Crippen LogP) is 1.18. The van der Waals surface area contributed by atoms with Crippen molar-refractivity contribution >= 4 is 5.97 Å². The van der Waals surface area contributed by atoms with Crippen molar-refractivity contribution in [1.82, 2.24) is 15.0 Å². The second-order valence-corrected chi connectivity index (χ2v) is 3.01. The molecule has 2 heterocycles. The van der Waals surface area contributed by atoms with E-state index >= 15 is 0 Å². The fourth-order valence-electron chi connectivity index (χ4n) is 1.23. The summed E-state index contributed by atoms with van der Waals surface area (Å²) in [5.41, 5.74) is 0.540. The zero-order chi connectivity index (χ0) is 11.5. The first-order valence-electron chi connectivity index (χ1n) is 4.51. The van der Waals surface area contributed by atoms with E-state index in [4.69, 9.17) is 9.84 Å². The van der Waals surface area contributed by atoms with Gasteiger partial charge in [-0.05, 0) is 12.1 Å². The zero-order valence-electron chi connectivity index (χ0n) is 8.47. The number of aromatic amines is 1. The Balaban J connectivity index is 2.53. The van der Waals surface area contributed by atoms with E-state index in [1.54, 1.807) is 18.3 Å². The fraction of sp³-hybridized carbons (Fsp3) is 0.100. The largest absolute Gasteiger partial charge is 0.481 e. The van der Waals surface area contributed by atoms with Crippen molar-refractivity contribution in [2.24, 2.45) is 0 Å². The van der Waals surface area contributed by atoms with Gasteiger partial charge in [0.25, 0.3) is 0 Å². The minimum absolute atomic E-state index is 0.101. The van der Waals surface area contributed by atoms with Crippen molar-refractivity contribution in [2.75, 3.05) is 7.11 Å². The molecule has 0 saturated carbocycles. The number of carbonyl (C=O) groups is 1. The number of carboxylic acids is 1. The first kappa shape index (κ1) is 10.2. The average Bonchev–Trinajstić information content (AvgIpc) is 2.81. The van der Waals surface area contributed by atoms with Gasteiger partial charge in [0.1, 0.15) is 0 Å². The minimum Gasteiger partial charge on any atom is -0.481 e. The summed E-state index contributed by atoms with van der Waals surface area (Å²) in [7, 11) is 1.42. The van der Waals surface area contributed by atoms with Gasteiger partial charge < -0.3 is 14.8 Å². The average molecular weight is 219 g/mol. The molecule has 0 bridgehead atoms. The molecule has 0 saturated heterocycles. The number of nitrogens with one attached hydrogen (secondary N) is 1. The summed E-state index contributed by atoms with van der Waals surface area (Å²) < 4.78 is 4.92. The maximum Gasteiger partial charge on any atom is 0.354 e. The molecule has 6 nitrogen and oxygen atoms in total. The maximum absolute atomic E-state index is 10.8. The number of carboxylic acid groups (broad SMARTS) is 1. The second-order valence-electron chi connectivity index (χ2n) is 3.01. The lowest BCUT2D eigenvalue weighted by molar-refractivity contribution is 0.0690. The van der Waals surface area contributed by atoms with Gasteiger partial charge in [-0.1, -0.05) is 0 Å². The van der Waals surface area contributed by atoms with E-state index in [1.165, 1.54) is 13.2 Å². The Bertz CT molecular complexity index is 508. The summed E-state index contributed by atoms with van der Waals surface area (Å²) >= 11 is 0. The molecule has 2 aromatic heterocycles. The molecule has 82 valence electrons. The number of methoxy groups -OCH3 is 1. The van der Waals surface area contributed by atoms with Gasteiger partial charge in [-0.25, -0.2) is 9.78 Å². The van der Waals surface area contributed by atoms with E-state index in [-0.39, 0.29) is 11.6 Å². The highest BCUT2D eigenvalue weighted by Crippen LogP contribution is 2.17. The fourth-order valence-corrected chi connectivity index (χ4v) is 1.23. The van der Waals surface area contributed by atoms with E-state index in [2.05, 4.69) is 15.0 Å². The Hall–Kier alpha value is -2.37. The van der Waals surface area contributed by atoms with Crippen LogP contribution in [0.15, 0.2) is 24.4 Å². The molecule has 16 heavy (non-hydrogen) atoms. The number of aromatic carboxylic acids is 1. The smallest absolute Gasteiger partial charge is 0.354 e. The Morgan fingerprint density at radius 3 is 2.88 bits per heavy atom. The SMILES string of the molecule is COc1cc(C(=O)O)nc(-c2ccc[nH]2)n1. The molecule has 0 aromatic carbocycles. The molecule has 0 aliphatic heterocycles. The maximum atomic E-state index is 10.8. The van der Waals surface area contributed by atoms with Crippen LogP contribution in [0.25, 0.3) is 11.5 Å². The van der Waals surface area contributed by atoms with Crippen LogP contribution in [0.5, 0.6) is 5.88 Å². The molecular weight excluding hydrogens is 210 g/mol. The van der Waals surface area contributed by atoms with Crippen LogP contribution in [0.3, 0.4) is 0 Å². The number of H-pyrrole nitrogens is 1. The molecule has 0 aliphatic rings. The summed E-state index contributed by atoms with van der Waals surface area (Å²) in [6, 6.07) is 4.80. The van der Waals surface area contributed by atoms with E-state index in [1.807, 2.05) is 0 Å². The van der Waals surface area contributed by atoms with Crippen molar-refractivity contribution < 1.29 is 14.6 Å². The Morgan fingerprint density at radius 2 is 2.31 bits per heavy atom. The Morgan fingerprint density at radius 1 is 1.50 bits per heavy atom. The molecule has 0 fully saturated rings. The third-order valence-electron chi connectivity index (χ3n) is 1.97. The van der Waals surface area contributed by atoms with Crippen LogP contribution in [0.1, 0.15) is 10.5 Å². The van der Waals surface area contributed by atoms with Gasteiger partial charge in [0.15, 0.2) is 11.5 Å². The standard InChI is InChI=1S/C10H9N3O3/c1-16-8-5-7(10(14)15)12-9(13-8)6-3-2-4-11-6/h2-5,11H,1H3,(H,14,15). The number of ether oxygens (including phenoxy) is 1. The number of hydrogen-bond acceptors (Lipinski definition) is 4. The predicted molar refractivity (Wildman–Crippen MR) is 55.3 cm³/mol. The van der Waals surface area contributed by atoms with Crippen molar-refractivity contribution in [3.05, 3.63) is 30.1 Å². The molecule has 0 radical (unpaired) electrons. The summed E-state index contributed by atoms with van der Waals surface area (Å²) in [5, 5.41) is 8.87. The van der Waals surface area contributed by atoms with Gasteiger partial charge in [-0.3, -0.25) is 0 Å². The minimum atomic E-state index is -1.12. The summed E-state index contributed by atoms with van der Waals surface area (Å²) in [6.45, 7) is 0. The lowest BCUT2D eigenvalue weighted by Crippen LogP contribution is -2.04. The highest BCUT2D eigenvalue weighted by atomic mass is 16.5. The van der Waals surface area contributed by atoms with Crippen LogP contribution in [0, 0.1) is 0 Å². The molecular formula is C10H9N3O3. The number of rotatable bonds is 3. The third kappa shape index (κ3) is 1.85. The quantitative estimate of drug-likeness (QED) is 0.809. The molecule has 0 spiro atoms. The topological polar surface area (TPSA) is 88.1 Å². The summed E-state index contributed by atoms with van der Waals surface area (Å²) in [6.07, 6.45) is 1.71. The van der Waals surface area contributed by atoms with Gasteiger partial charge >= 0.3 is 5.97 Å². The highest BCUT2D eigenvalue weighted by molar-refractivity contribution is 5.86. The van der Waals surface area contributed by atoms with Crippen LogP contribution in [0.2, 0.25) is 0 Å². The van der Waals surface area contributed by atoms with E-state index in [9.17, 15) is 4.79 Å². The first-order valence-corrected chi connectivity index (χ1v) is 4.51. The van der Waals surface area contributed by atoms with Gasteiger partial charge in [-0.2, -0.15) is 4.98 Å². The second kappa shape index (κ2) is 4.01. The van der Waals surface area contributed by atoms with E-state index in [0.29, 0.717) is 11.5 Å². The van der Waals surface area contributed by atoms with Gasteiger partial charge in [-0.15, -0.1) is 0 Å². The Labute approximate surface area is 90.9 Å². The van der Waals surface area contributed by atoms with Gasteiger partial charge in [0.05, 0.1) is 12.8 Å². The van der Waals surface area contributed by atoms with E-state index < -0.39 is 5.97 Å². The monoisotopic (exact) mass is 219 g/mol. The molecule has 2 rings (SSSR count). The molecule has 0 unspecified atom stereocenters. The number of aromatic nitrogens is 3. The molecule has 0 aliphatic carbocycles. The third-order valence-corrected chi connectivity index (χ3v) is 1.97. The van der Waals surface area contributed by atoms with Crippen LogP contribution in [0.4, 0.5) is 0 Å².